The summed E-state index contributed by atoms with van der Waals surface area (Å²) in [5.74, 6) is 1.07. The molecule has 1 aliphatic rings. The minimum atomic E-state index is -3.61. The lowest BCUT2D eigenvalue weighted by atomic mass is 10.4. The summed E-state index contributed by atoms with van der Waals surface area (Å²) in [5, 5.41) is 8.98. The number of sulfonamides is 1. The van der Waals surface area contributed by atoms with Gasteiger partial charge in [0, 0.05) is 26.2 Å². The van der Waals surface area contributed by atoms with Gasteiger partial charge in [-0.15, -0.1) is 11.3 Å². The van der Waals surface area contributed by atoms with E-state index >= 15 is 0 Å². The maximum absolute atomic E-state index is 12.9. The van der Waals surface area contributed by atoms with Gasteiger partial charge < -0.3 is 4.52 Å². The molecule has 0 amide bonds. The molecule has 3 aromatic rings. The van der Waals surface area contributed by atoms with Crippen LogP contribution in [0.4, 0.5) is 0 Å². The van der Waals surface area contributed by atoms with Gasteiger partial charge in [0.15, 0.2) is 11.6 Å². The molecule has 1 aliphatic heterocycles. The highest BCUT2D eigenvalue weighted by Crippen LogP contribution is 2.24. The van der Waals surface area contributed by atoms with Crippen molar-refractivity contribution in [2.45, 2.75) is 25.4 Å². The summed E-state index contributed by atoms with van der Waals surface area (Å²) in [6, 6.07) is 3.95. The number of aromatic nitrogens is 4. The van der Waals surface area contributed by atoms with Crippen molar-refractivity contribution in [2.24, 2.45) is 0 Å². The molecule has 0 unspecified atom stereocenters. The Bertz CT molecular complexity index is 1100. The highest BCUT2D eigenvalue weighted by molar-refractivity contribution is 7.89. The van der Waals surface area contributed by atoms with Crippen LogP contribution >= 0.6 is 23.6 Å². The Hall–Kier alpha value is -1.86. The summed E-state index contributed by atoms with van der Waals surface area (Å²) in [4.78, 5) is 7.76. The van der Waals surface area contributed by atoms with Gasteiger partial charge >= 0.3 is 0 Å². The van der Waals surface area contributed by atoms with Crippen molar-refractivity contribution < 1.29 is 12.9 Å². The van der Waals surface area contributed by atoms with Crippen LogP contribution in [0.1, 0.15) is 11.5 Å². The lowest BCUT2D eigenvalue weighted by Crippen LogP contribution is -2.49. The van der Waals surface area contributed by atoms with E-state index in [1.165, 1.54) is 4.31 Å². The van der Waals surface area contributed by atoms with Crippen molar-refractivity contribution >= 4 is 33.6 Å². The van der Waals surface area contributed by atoms with E-state index in [0.29, 0.717) is 49.1 Å². The predicted octanol–water partition coefficient (Wildman–Crippen LogP) is 2.24. The molecule has 150 valence electrons. The number of rotatable bonds is 5. The Kier molecular flexibility index (Phi) is 5.22. The molecule has 0 atom stereocenters. The fourth-order valence-corrected chi connectivity index (χ4v) is 5.83. The van der Waals surface area contributed by atoms with Crippen LogP contribution in [0.15, 0.2) is 26.9 Å². The zero-order valence-electron chi connectivity index (χ0n) is 15.5. The molecular formula is C16H20N6O3S3. The van der Waals surface area contributed by atoms with Crippen LogP contribution in [0, 0.1) is 18.6 Å². The first-order valence-electron chi connectivity index (χ1n) is 8.72. The largest absolute Gasteiger partial charge is 0.360 e. The summed E-state index contributed by atoms with van der Waals surface area (Å²) < 4.78 is 34.6. The summed E-state index contributed by atoms with van der Waals surface area (Å²) in [5.41, 5.74) is 0.393. The Balaban J connectivity index is 1.43. The molecule has 28 heavy (non-hydrogen) atoms. The molecule has 0 aliphatic carbocycles. The molecule has 1 fully saturated rings. The Morgan fingerprint density at radius 2 is 2.04 bits per heavy atom. The topological polar surface area (TPSA) is 100 Å². The van der Waals surface area contributed by atoms with Crippen LogP contribution in [0.2, 0.25) is 0 Å². The maximum Gasteiger partial charge on any atom is 0.248 e. The average Bonchev–Trinajstić information content (AvgIpc) is 3.37. The number of thiophene rings is 1. The Morgan fingerprint density at radius 1 is 1.29 bits per heavy atom. The minimum Gasteiger partial charge on any atom is -0.360 e. The lowest BCUT2D eigenvalue weighted by Gasteiger charge is -2.33. The first kappa shape index (κ1) is 19.5. The van der Waals surface area contributed by atoms with E-state index in [0.717, 1.165) is 10.7 Å². The zero-order chi connectivity index (χ0) is 19.9. The van der Waals surface area contributed by atoms with Crippen LogP contribution in [0.25, 0.3) is 10.7 Å². The molecule has 0 aromatic carbocycles. The molecule has 12 heteroatoms. The van der Waals surface area contributed by atoms with Gasteiger partial charge in [-0.25, -0.2) is 13.1 Å². The molecule has 0 saturated carbocycles. The lowest BCUT2D eigenvalue weighted by molar-refractivity contribution is 0.145. The molecule has 9 nitrogen and oxygen atoms in total. The van der Waals surface area contributed by atoms with Crippen molar-refractivity contribution in [3.05, 3.63) is 33.7 Å². The standard InChI is InChI=1S/C16H20N6O3S3/c1-11-14(12(2)25-19-11)28(23,24)21-7-5-20(6-8-21)10-22-16(26)17-15(18-22)13-4-3-9-27-13/h3-4,9H,5-8,10H2,1-2H3,(H,17,18,26). The average molecular weight is 441 g/mol. The van der Waals surface area contributed by atoms with Gasteiger partial charge in [0.2, 0.25) is 14.8 Å². The second-order valence-electron chi connectivity index (χ2n) is 6.58. The quantitative estimate of drug-likeness (QED) is 0.607. The number of nitrogens with one attached hydrogen (secondary N) is 1. The third-order valence-electron chi connectivity index (χ3n) is 4.67. The number of nitrogens with zero attached hydrogens (tertiary/aromatic N) is 5. The van der Waals surface area contributed by atoms with Crippen molar-refractivity contribution in [1.29, 1.82) is 0 Å². The van der Waals surface area contributed by atoms with E-state index in [2.05, 4.69) is 20.1 Å². The zero-order valence-corrected chi connectivity index (χ0v) is 17.9. The second-order valence-corrected chi connectivity index (χ2v) is 9.76. The molecular weight excluding hydrogens is 420 g/mol. The summed E-state index contributed by atoms with van der Waals surface area (Å²) >= 11 is 6.95. The third kappa shape index (κ3) is 3.57. The highest BCUT2D eigenvalue weighted by atomic mass is 32.2. The van der Waals surface area contributed by atoms with E-state index < -0.39 is 10.0 Å². The van der Waals surface area contributed by atoms with Gasteiger partial charge in [0.05, 0.1) is 11.5 Å². The van der Waals surface area contributed by atoms with E-state index in [1.807, 2.05) is 22.2 Å². The molecule has 0 bridgehead atoms. The first-order valence-corrected chi connectivity index (χ1v) is 11.4. The number of aromatic amines is 1. The highest BCUT2D eigenvalue weighted by Gasteiger charge is 2.33. The number of aryl methyl sites for hydroxylation is 2. The summed E-state index contributed by atoms with van der Waals surface area (Å²) in [7, 11) is -3.61. The van der Waals surface area contributed by atoms with Crippen molar-refractivity contribution in [3.8, 4) is 10.7 Å². The monoisotopic (exact) mass is 440 g/mol. The molecule has 0 spiro atoms. The fraction of sp³-hybridized carbons (Fsp3) is 0.438. The van der Waals surface area contributed by atoms with Crippen LogP contribution in [0.5, 0.6) is 0 Å². The molecule has 4 rings (SSSR count). The molecule has 4 heterocycles. The van der Waals surface area contributed by atoms with Crippen molar-refractivity contribution in [2.75, 3.05) is 26.2 Å². The number of hydrogen-bond acceptors (Lipinski definition) is 8. The van der Waals surface area contributed by atoms with E-state index in [9.17, 15) is 8.42 Å². The second kappa shape index (κ2) is 7.52. The van der Waals surface area contributed by atoms with E-state index in [-0.39, 0.29) is 4.90 Å². The van der Waals surface area contributed by atoms with Crippen LogP contribution in [-0.2, 0) is 16.7 Å². The predicted molar refractivity (Wildman–Crippen MR) is 107 cm³/mol. The first-order chi connectivity index (χ1) is 13.4. The Morgan fingerprint density at radius 3 is 2.64 bits per heavy atom. The van der Waals surface area contributed by atoms with Gasteiger partial charge in [-0.3, -0.25) is 10.00 Å². The summed E-state index contributed by atoms with van der Waals surface area (Å²) in [6.45, 7) is 5.78. The van der Waals surface area contributed by atoms with E-state index in [1.54, 1.807) is 25.2 Å². The van der Waals surface area contributed by atoms with Crippen LogP contribution < -0.4 is 0 Å². The molecule has 0 radical (unpaired) electrons. The molecule has 3 aromatic heterocycles. The van der Waals surface area contributed by atoms with Gasteiger partial charge in [0.1, 0.15) is 10.6 Å². The normalized spacial score (nSPS) is 16.6. The van der Waals surface area contributed by atoms with Gasteiger partial charge in [-0.2, -0.15) is 9.29 Å². The SMILES string of the molecule is Cc1noc(C)c1S(=O)(=O)N1CCN(Cn2[nH]c(-c3cccs3)nc2=S)CC1. The van der Waals surface area contributed by atoms with Gasteiger partial charge in [0.25, 0.3) is 0 Å². The van der Waals surface area contributed by atoms with Gasteiger partial charge in [-0.1, -0.05) is 11.2 Å². The van der Waals surface area contributed by atoms with Crippen molar-refractivity contribution in [3.63, 3.8) is 0 Å². The van der Waals surface area contributed by atoms with Crippen molar-refractivity contribution in [1.82, 2.24) is 29.1 Å². The van der Waals surface area contributed by atoms with E-state index in [4.69, 9.17) is 16.7 Å². The van der Waals surface area contributed by atoms with Crippen LogP contribution in [-0.4, -0.2) is 63.7 Å². The van der Waals surface area contributed by atoms with Crippen LogP contribution in [0.3, 0.4) is 0 Å². The summed E-state index contributed by atoms with van der Waals surface area (Å²) in [6.07, 6.45) is 0. The molecule has 1 N–H and O–H groups in total. The number of hydrogen-bond donors (Lipinski definition) is 1. The Labute approximate surface area is 171 Å². The maximum atomic E-state index is 12.9. The minimum absolute atomic E-state index is 0.178. The third-order valence-corrected chi connectivity index (χ3v) is 8.00. The van der Waals surface area contributed by atoms with Gasteiger partial charge in [-0.05, 0) is 37.5 Å². The smallest absolute Gasteiger partial charge is 0.248 e. The number of H-pyrrole nitrogens is 1. The number of piperazine rings is 1. The fourth-order valence-electron chi connectivity index (χ4n) is 3.26. The molecule has 1 saturated heterocycles.